The van der Waals surface area contributed by atoms with E-state index in [0.717, 1.165) is 16.7 Å². The first kappa shape index (κ1) is 15.3. The summed E-state index contributed by atoms with van der Waals surface area (Å²) in [7, 11) is 0. The molecule has 2 rings (SSSR count). The number of halogens is 2. The summed E-state index contributed by atoms with van der Waals surface area (Å²) in [5.41, 5.74) is 3.30. The summed E-state index contributed by atoms with van der Waals surface area (Å²) in [6, 6.07) is 9.64. The SMILES string of the molecule is Cc1cc(C)c(NC(=O)/C=C/c2ccc(F)cc2)c(Cl)c1. The van der Waals surface area contributed by atoms with Gasteiger partial charge in [0.2, 0.25) is 5.91 Å². The molecule has 0 radical (unpaired) electrons. The van der Waals surface area contributed by atoms with Crippen LogP contribution in [0.3, 0.4) is 0 Å². The molecule has 0 unspecified atom stereocenters. The van der Waals surface area contributed by atoms with E-state index < -0.39 is 0 Å². The predicted molar refractivity (Wildman–Crippen MR) is 85.0 cm³/mol. The van der Waals surface area contributed by atoms with Crippen LogP contribution in [0, 0.1) is 19.7 Å². The van der Waals surface area contributed by atoms with Crippen LogP contribution in [0.2, 0.25) is 5.02 Å². The summed E-state index contributed by atoms with van der Waals surface area (Å²) in [5.74, 6) is -0.591. The molecule has 0 heterocycles. The highest BCUT2D eigenvalue weighted by Gasteiger charge is 2.07. The highest BCUT2D eigenvalue weighted by Crippen LogP contribution is 2.27. The summed E-state index contributed by atoms with van der Waals surface area (Å²) in [4.78, 5) is 11.9. The first-order valence-electron chi connectivity index (χ1n) is 6.47. The molecule has 0 spiro atoms. The third-order valence-corrected chi connectivity index (χ3v) is 3.28. The predicted octanol–water partition coefficient (Wildman–Crippen LogP) is 4.75. The Kier molecular flexibility index (Phi) is 4.76. The van der Waals surface area contributed by atoms with Gasteiger partial charge in [0.25, 0.3) is 0 Å². The molecule has 0 aliphatic carbocycles. The Hall–Kier alpha value is -2.13. The molecule has 108 valence electrons. The minimum atomic E-state index is -0.307. The Morgan fingerprint density at radius 2 is 1.86 bits per heavy atom. The van der Waals surface area contributed by atoms with Crippen LogP contribution < -0.4 is 5.32 Å². The van der Waals surface area contributed by atoms with Gasteiger partial charge in [-0.2, -0.15) is 0 Å². The Morgan fingerprint density at radius 3 is 2.48 bits per heavy atom. The average Bonchev–Trinajstić information content (AvgIpc) is 2.42. The van der Waals surface area contributed by atoms with E-state index in [4.69, 9.17) is 11.6 Å². The molecule has 2 aromatic carbocycles. The Bertz CT molecular complexity index is 669. The molecule has 21 heavy (non-hydrogen) atoms. The van der Waals surface area contributed by atoms with Gasteiger partial charge in [0, 0.05) is 6.08 Å². The van der Waals surface area contributed by atoms with Crippen LogP contribution in [0.1, 0.15) is 16.7 Å². The lowest BCUT2D eigenvalue weighted by atomic mass is 10.1. The fourth-order valence-electron chi connectivity index (χ4n) is 1.98. The molecule has 2 nitrogen and oxygen atoms in total. The van der Waals surface area contributed by atoms with Gasteiger partial charge in [-0.15, -0.1) is 0 Å². The Morgan fingerprint density at radius 1 is 1.19 bits per heavy atom. The molecule has 0 atom stereocenters. The molecule has 0 aromatic heterocycles. The molecule has 4 heteroatoms. The molecular weight excluding hydrogens is 289 g/mol. The van der Waals surface area contributed by atoms with Crippen LogP contribution in [0.4, 0.5) is 10.1 Å². The second-order valence-corrected chi connectivity index (χ2v) is 5.22. The van der Waals surface area contributed by atoms with Gasteiger partial charge >= 0.3 is 0 Å². The summed E-state index contributed by atoms with van der Waals surface area (Å²) < 4.78 is 12.8. The molecule has 0 fully saturated rings. The van der Waals surface area contributed by atoms with Crippen molar-refractivity contribution >= 4 is 29.3 Å². The molecule has 0 saturated carbocycles. The van der Waals surface area contributed by atoms with Gasteiger partial charge in [-0.1, -0.05) is 29.8 Å². The molecule has 0 saturated heterocycles. The van der Waals surface area contributed by atoms with Crippen molar-refractivity contribution in [1.29, 1.82) is 0 Å². The van der Waals surface area contributed by atoms with Gasteiger partial charge in [-0.25, -0.2) is 4.39 Å². The molecule has 0 aliphatic rings. The van der Waals surface area contributed by atoms with Crippen molar-refractivity contribution in [3.8, 4) is 0 Å². The van der Waals surface area contributed by atoms with Crippen molar-refractivity contribution in [2.45, 2.75) is 13.8 Å². The van der Waals surface area contributed by atoms with E-state index >= 15 is 0 Å². The zero-order valence-electron chi connectivity index (χ0n) is 11.8. The number of nitrogens with one attached hydrogen (secondary N) is 1. The van der Waals surface area contributed by atoms with Crippen LogP contribution in [0.5, 0.6) is 0 Å². The molecular formula is C17H15ClFNO. The summed E-state index contributed by atoms with van der Waals surface area (Å²) in [5, 5.41) is 3.27. The van der Waals surface area contributed by atoms with Crippen molar-refractivity contribution in [2.75, 3.05) is 5.32 Å². The van der Waals surface area contributed by atoms with Crippen LogP contribution in [-0.2, 0) is 4.79 Å². The minimum Gasteiger partial charge on any atom is -0.321 e. The normalized spacial score (nSPS) is 10.9. The number of benzene rings is 2. The van der Waals surface area contributed by atoms with Crippen LogP contribution >= 0.6 is 11.6 Å². The highest BCUT2D eigenvalue weighted by atomic mass is 35.5. The monoisotopic (exact) mass is 303 g/mol. The molecule has 2 aromatic rings. The maximum absolute atomic E-state index is 12.8. The quantitative estimate of drug-likeness (QED) is 0.815. The fraction of sp³-hybridized carbons (Fsp3) is 0.118. The van der Waals surface area contributed by atoms with Crippen LogP contribution in [0.15, 0.2) is 42.5 Å². The minimum absolute atomic E-state index is 0.284. The van der Waals surface area contributed by atoms with E-state index in [0.29, 0.717) is 10.7 Å². The highest BCUT2D eigenvalue weighted by molar-refractivity contribution is 6.34. The first-order valence-corrected chi connectivity index (χ1v) is 6.85. The lowest BCUT2D eigenvalue weighted by Crippen LogP contribution is -2.09. The topological polar surface area (TPSA) is 29.1 Å². The van der Waals surface area contributed by atoms with Gasteiger partial charge in [0.05, 0.1) is 10.7 Å². The van der Waals surface area contributed by atoms with E-state index in [1.54, 1.807) is 24.3 Å². The third kappa shape index (κ3) is 4.17. The standard InChI is InChI=1S/C17H15ClFNO/c1-11-9-12(2)17(15(18)10-11)20-16(21)8-5-13-3-6-14(19)7-4-13/h3-10H,1-2H3,(H,20,21)/b8-5+. The first-order chi connectivity index (χ1) is 9.95. The number of carbonyl (C=O) groups is 1. The molecule has 0 aliphatic heterocycles. The Balaban J connectivity index is 2.10. The van der Waals surface area contributed by atoms with Gasteiger partial charge < -0.3 is 5.32 Å². The van der Waals surface area contributed by atoms with Crippen molar-refractivity contribution in [1.82, 2.24) is 0 Å². The number of rotatable bonds is 3. The zero-order valence-corrected chi connectivity index (χ0v) is 12.5. The van der Waals surface area contributed by atoms with Crippen molar-refractivity contribution in [3.05, 3.63) is 70.0 Å². The number of amides is 1. The number of anilines is 1. The lowest BCUT2D eigenvalue weighted by Gasteiger charge is -2.10. The lowest BCUT2D eigenvalue weighted by molar-refractivity contribution is -0.111. The number of carbonyl (C=O) groups excluding carboxylic acids is 1. The van der Waals surface area contributed by atoms with Gasteiger partial charge in [0.15, 0.2) is 0 Å². The average molecular weight is 304 g/mol. The molecule has 1 amide bonds. The van der Waals surface area contributed by atoms with Gasteiger partial charge in [0.1, 0.15) is 5.82 Å². The number of aryl methyl sites for hydroxylation is 2. The molecule has 1 N–H and O–H groups in total. The number of hydrogen-bond donors (Lipinski definition) is 1. The van der Waals surface area contributed by atoms with E-state index in [2.05, 4.69) is 5.32 Å². The van der Waals surface area contributed by atoms with E-state index in [1.807, 2.05) is 19.9 Å². The van der Waals surface area contributed by atoms with E-state index in [-0.39, 0.29) is 11.7 Å². The van der Waals surface area contributed by atoms with Crippen molar-refractivity contribution in [3.63, 3.8) is 0 Å². The third-order valence-electron chi connectivity index (χ3n) is 2.98. The van der Waals surface area contributed by atoms with Crippen LogP contribution in [0.25, 0.3) is 6.08 Å². The Labute approximate surface area is 128 Å². The van der Waals surface area contributed by atoms with E-state index in [9.17, 15) is 9.18 Å². The largest absolute Gasteiger partial charge is 0.321 e. The second kappa shape index (κ2) is 6.55. The molecule has 0 bridgehead atoms. The van der Waals surface area contributed by atoms with E-state index in [1.165, 1.54) is 18.2 Å². The van der Waals surface area contributed by atoms with Gasteiger partial charge in [-0.05, 0) is 54.8 Å². The summed E-state index contributed by atoms with van der Waals surface area (Å²) in [6.07, 6.45) is 3.01. The smallest absolute Gasteiger partial charge is 0.248 e. The maximum atomic E-state index is 12.8. The zero-order chi connectivity index (χ0) is 15.4. The second-order valence-electron chi connectivity index (χ2n) is 4.81. The summed E-state index contributed by atoms with van der Waals surface area (Å²) >= 11 is 6.13. The van der Waals surface area contributed by atoms with Crippen molar-refractivity contribution < 1.29 is 9.18 Å². The maximum Gasteiger partial charge on any atom is 0.248 e. The summed E-state index contributed by atoms with van der Waals surface area (Å²) in [6.45, 7) is 3.83. The van der Waals surface area contributed by atoms with Crippen LogP contribution in [-0.4, -0.2) is 5.91 Å². The fourth-order valence-corrected chi connectivity index (χ4v) is 2.35. The number of hydrogen-bond acceptors (Lipinski definition) is 1. The van der Waals surface area contributed by atoms with Crippen molar-refractivity contribution in [2.24, 2.45) is 0 Å². The van der Waals surface area contributed by atoms with Gasteiger partial charge in [-0.3, -0.25) is 4.79 Å².